The molecule has 0 fully saturated rings. The lowest BCUT2D eigenvalue weighted by Crippen LogP contribution is -2.25. The summed E-state index contributed by atoms with van der Waals surface area (Å²) in [4.78, 5) is 22.9. The molecule has 3 rings (SSSR count). The maximum absolute atomic E-state index is 14.0. The Hall–Kier alpha value is -1.68. The molecule has 2 aromatic heterocycles. The molecule has 0 saturated heterocycles. The van der Waals surface area contributed by atoms with E-state index in [0.717, 1.165) is 11.3 Å². The van der Waals surface area contributed by atoms with Crippen molar-refractivity contribution in [2.75, 3.05) is 11.9 Å². The van der Waals surface area contributed by atoms with Gasteiger partial charge in [0.25, 0.3) is 0 Å². The zero-order valence-electron chi connectivity index (χ0n) is 13.2. The van der Waals surface area contributed by atoms with Crippen LogP contribution in [0, 0.1) is 5.82 Å². The Morgan fingerprint density at radius 2 is 2.28 bits per heavy atom. The van der Waals surface area contributed by atoms with Gasteiger partial charge in [0.2, 0.25) is 0 Å². The number of nitrogens with one attached hydrogen (secondary N) is 2. The normalized spacial score (nSPS) is 12.5. The highest BCUT2D eigenvalue weighted by atomic mass is 35.5. The summed E-state index contributed by atoms with van der Waals surface area (Å²) in [6, 6.07) is 4.84. The van der Waals surface area contributed by atoms with Gasteiger partial charge in [-0.2, -0.15) is 0 Å². The fourth-order valence-corrected chi connectivity index (χ4v) is 3.82. The molecule has 0 spiro atoms. The van der Waals surface area contributed by atoms with Gasteiger partial charge in [0.15, 0.2) is 16.6 Å². The van der Waals surface area contributed by atoms with Crippen molar-refractivity contribution in [1.29, 1.82) is 0 Å². The van der Waals surface area contributed by atoms with Crippen LogP contribution in [0.3, 0.4) is 0 Å². The van der Waals surface area contributed by atoms with Crippen molar-refractivity contribution in [3.63, 3.8) is 0 Å². The Morgan fingerprint density at radius 1 is 1.48 bits per heavy atom. The summed E-state index contributed by atoms with van der Waals surface area (Å²) in [6.45, 7) is 2.33. The molecule has 132 valence electrons. The molecule has 1 unspecified atom stereocenters. The lowest BCUT2D eigenvalue weighted by molar-refractivity contribution is 0.617. The lowest BCUT2D eigenvalue weighted by Gasteiger charge is -2.13. The fraction of sp³-hybridized carbons (Fsp3) is 0.267. The molecule has 3 aromatic rings. The molecule has 1 aromatic carbocycles. The van der Waals surface area contributed by atoms with Crippen LogP contribution in [-0.2, 0) is 5.75 Å². The third-order valence-corrected chi connectivity index (χ3v) is 5.45. The van der Waals surface area contributed by atoms with Gasteiger partial charge in [-0.1, -0.05) is 46.8 Å². The molecule has 0 amide bonds. The SMILES string of the molecule is CC(CN)Nc1nc(SCc2cccc(Cl)c2F)nc2[nH]c(=O)sc12. The summed E-state index contributed by atoms with van der Waals surface area (Å²) in [5, 5.41) is 3.68. The van der Waals surface area contributed by atoms with E-state index in [0.29, 0.717) is 39.2 Å². The van der Waals surface area contributed by atoms with Crippen molar-refractivity contribution < 1.29 is 4.39 Å². The number of thiazole rings is 1. The third-order valence-electron chi connectivity index (χ3n) is 3.39. The Bertz CT molecular complexity index is 961. The summed E-state index contributed by atoms with van der Waals surface area (Å²) in [6.07, 6.45) is 0. The second-order valence-corrected chi connectivity index (χ2v) is 7.66. The van der Waals surface area contributed by atoms with Crippen molar-refractivity contribution in [2.24, 2.45) is 5.73 Å². The van der Waals surface area contributed by atoms with Crippen molar-refractivity contribution in [3.05, 3.63) is 44.3 Å². The van der Waals surface area contributed by atoms with Crippen molar-refractivity contribution in [2.45, 2.75) is 23.9 Å². The van der Waals surface area contributed by atoms with E-state index in [1.807, 2.05) is 6.92 Å². The number of nitrogens with zero attached hydrogens (tertiary/aromatic N) is 2. The van der Waals surface area contributed by atoms with Crippen molar-refractivity contribution in [1.82, 2.24) is 15.0 Å². The quantitative estimate of drug-likeness (QED) is 0.435. The van der Waals surface area contributed by atoms with E-state index < -0.39 is 5.82 Å². The first-order valence-electron chi connectivity index (χ1n) is 7.41. The minimum Gasteiger partial charge on any atom is -0.365 e. The van der Waals surface area contributed by atoms with Crippen LogP contribution in [0.1, 0.15) is 12.5 Å². The van der Waals surface area contributed by atoms with Crippen LogP contribution < -0.4 is 15.9 Å². The summed E-state index contributed by atoms with van der Waals surface area (Å²) in [5.41, 5.74) is 6.55. The van der Waals surface area contributed by atoms with Gasteiger partial charge in [0, 0.05) is 18.3 Å². The predicted molar refractivity (Wildman–Crippen MR) is 101 cm³/mol. The maximum Gasteiger partial charge on any atom is 0.306 e. The highest BCUT2D eigenvalue weighted by Crippen LogP contribution is 2.29. The first-order chi connectivity index (χ1) is 12.0. The van der Waals surface area contributed by atoms with Gasteiger partial charge in [-0.05, 0) is 18.6 Å². The molecular weight excluding hydrogens is 385 g/mol. The molecule has 0 aliphatic heterocycles. The van der Waals surface area contributed by atoms with E-state index in [2.05, 4.69) is 20.3 Å². The summed E-state index contributed by atoms with van der Waals surface area (Å²) >= 11 is 8.09. The maximum atomic E-state index is 14.0. The molecule has 4 N–H and O–H groups in total. The van der Waals surface area contributed by atoms with Gasteiger partial charge >= 0.3 is 4.87 Å². The van der Waals surface area contributed by atoms with E-state index in [4.69, 9.17) is 17.3 Å². The third kappa shape index (κ3) is 4.12. The fourth-order valence-electron chi connectivity index (χ4n) is 2.08. The van der Waals surface area contributed by atoms with Gasteiger partial charge in [0.05, 0.1) is 5.02 Å². The van der Waals surface area contributed by atoms with Gasteiger partial charge in [-0.15, -0.1) is 0 Å². The smallest absolute Gasteiger partial charge is 0.306 e. The van der Waals surface area contributed by atoms with E-state index in [-0.39, 0.29) is 15.9 Å². The zero-order chi connectivity index (χ0) is 18.0. The van der Waals surface area contributed by atoms with Gasteiger partial charge in [-0.25, -0.2) is 14.4 Å². The topological polar surface area (TPSA) is 96.7 Å². The Kier molecular flexibility index (Phi) is 5.57. The predicted octanol–water partition coefficient (Wildman–Crippen LogP) is 3.22. The molecule has 10 heteroatoms. The number of anilines is 1. The second-order valence-electron chi connectivity index (χ2n) is 5.33. The number of aromatic amines is 1. The molecule has 0 radical (unpaired) electrons. The Labute approximate surface area is 156 Å². The highest BCUT2D eigenvalue weighted by molar-refractivity contribution is 7.98. The van der Waals surface area contributed by atoms with Crippen LogP contribution in [-0.4, -0.2) is 27.5 Å². The minimum absolute atomic E-state index is 0.0153. The van der Waals surface area contributed by atoms with Gasteiger partial charge < -0.3 is 11.1 Å². The lowest BCUT2D eigenvalue weighted by atomic mass is 10.2. The number of hydrogen-bond acceptors (Lipinski definition) is 7. The van der Waals surface area contributed by atoms with Crippen molar-refractivity contribution >= 4 is 50.9 Å². The first kappa shape index (κ1) is 18.1. The van der Waals surface area contributed by atoms with Gasteiger partial charge in [-0.3, -0.25) is 9.78 Å². The van der Waals surface area contributed by atoms with E-state index in [1.165, 1.54) is 17.8 Å². The number of H-pyrrole nitrogens is 1. The summed E-state index contributed by atoms with van der Waals surface area (Å²) in [7, 11) is 0. The largest absolute Gasteiger partial charge is 0.365 e. The van der Waals surface area contributed by atoms with E-state index in [9.17, 15) is 9.18 Å². The molecular formula is C15H15ClFN5OS2. The van der Waals surface area contributed by atoms with Crippen molar-refractivity contribution in [3.8, 4) is 0 Å². The van der Waals surface area contributed by atoms with Crippen LogP contribution in [0.15, 0.2) is 28.2 Å². The number of rotatable bonds is 6. The number of aromatic nitrogens is 3. The number of hydrogen-bond donors (Lipinski definition) is 3. The molecule has 25 heavy (non-hydrogen) atoms. The minimum atomic E-state index is -0.447. The molecule has 0 aliphatic rings. The highest BCUT2D eigenvalue weighted by Gasteiger charge is 2.14. The summed E-state index contributed by atoms with van der Waals surface area (Å²) < 4.78 is 14.6. The van der Waals surface area contributed by atoms with Crippen LogP contribution in [0.5, 0.6) is 0 Å². The van der Waals surface area contributed by atoms with Crippen LogP contribution in [0.25, 0.3) is 10.3 Å². The first-order valence-corrected chi connectivity index (χ1v) is 9.59. The van der Waals surface area contributed by atoms with Crippen LogP contribution in [0.2, 0.25) is 5.02 Å². The van der Waals surface area contributed by atoms with Crippen LogP contribution >= 0.6 is 34.7 Å². The van der Waals surface area contributed by atoms with Gasteiger partial charge in [0.1, 0.15) is 10.5 Å². The zero-order valence-corrected chi connectivity index (χ0v) is 15.6. The number of benzene rings is 1. The second kappa shape index (κ2) is 7.69. The van der Waals surface area contributed by atoms with E-state index >= 15 is 0 Å². The molecule has 0 saturated carbocycles. The number of fused-ring (bicyclic) bond motifs is 1. The Balaban J connectivity index is 1.90. The monoisotopic (exact) mass is 399 g/mol. The average molecular weight is 400 g/mol. The molecule has 1 atom stereocenters. The molecule has 2 heterocycles. The average Bonchev–Trinajstić information content (AvgIpc) is 2.96. The van der Waals surface area contributed by atoms with Crippen LogP contribution in [0.4, 0.5) is 10.2 Å². The number of thioether (sulfide) groups is 1. The molecule has 6 nitrogen and oxygen atoms in total. The standard InChI is InChI=1S/C15H15ClFN5OS2/c1-7(5-18)19-12-11-13(22-15(23)25-11)21-14(20-12)24-6-8-3-2-4-9(16)10(8)17/h2-4,7H,5-6,18H2,1H3,(H2,19,20,21,22,23). The Morgan fingerprint density at radius 3 is 3.04 bits per heavy atom. The number of halogens is 2. The van der Waals surface area contributed by atoms with E-state index in [1.54, 1.807) is 12.1 Å². The summed E-state index contributed by atoms with van der Waals surface area (Å²) in [5.74, 6) is 0.412. The molecule has 0 aliphatic carbocycles. The number of nitrogens with two attached hydrogens (primary N) is 1. The molecule has 0 bridgehead atoms.